The van der Waals surface area contributed by atoms with E-state index >= 15 is 0 Å². The summed E-state index contributed by atoms with van der Waals surface area (Å²) >= 11 is 6.22. The van der Waals surface area contributed by atoms with Crippen molar-refractivity contribution in [3.8, 4) is 22.9 Å². The third-order valence-electron chi connectivity index (χ3n) is 5.74. The number of benzene rings is 2. The Morgan fingerprint density at radius 2 is 2.06 bits per heavy atom. The SMILES string of the molecule is Cc1ccc(-c2nnc3n2CCCCC3)cc1NC(=O)/C=C/c1cc(Cl)c2c(c1)OCO2. The number of aromatic nitrogens is 3. The number of aryl methyl sites for hydroxylation is 2. The van der Waals surface area contributed by atoms with Gasteiger partial charge in [0.05, 0.1) is 5.02 Å². The van der Waals surface area contributed by atoms with Crippen LogP contribution in [0.25, 0.3) is 17.5 Å². The summed E-state index contributed by atoms with van der Waals surface area (Å²) in [5, 5.41) is 12.2. The molecule has 0 unspecified atom stereocenters. The van der Waals surface area contributed by atoms with Crippen LogP contribution >= 0.6 is 11.6 Å². The van der Waals surface area contributed by atoms with Gasteiger partial charge in [-0.1, -0.05) is 30.2 Å². The van der Waals surface area contributed by atoms with E-state index in [2.05, 4.69) is 20.1 Å². The number of nitrogens with one attached hydrogen (secondary N) is 1. The highest BCUT2D eigenvalue weighted by Gasteiger charge is 2.18. The number of carbonyl (C=O) groups is 1. The van der Waals surface area contributed by atoms with Gasteiger partial charge in [-0.2, -0.15) is 0 Å². The normalized spacial score (nSPS) is 14.9. The molecular formula is C24H23ClN4O3. The monoisotopic (exact) mass is 450 g/mol. The average Bonchev–Trinajstić information content (AvgIpc) is 3.35. The fraction of sp³-hybridized carbons (Fsp3) is 0.292. The fourth-order valence-corrected chi connectivity index (χ4v) is 4.30. The average molecular weight is 451 g/mol. The lowest BCUT2D eigenvalue weighted by Crippen LogP contribution is -2.09. The van der Waals surface area contributed by atoms with Crippen molar-refractivity contribution in [1.29, 1.82) is 0 Å². The van der Waals surface area contributed by atoms with Crippen molar-refractivity contribution in [1.82, 2.24) is 14.8 Å². The highest BCUT2D eigenvalue weighted by molar-refractivity contribution is 6.32. The second-order valence-corrected chi connectivity index (χ2v) is 8.40. The summed E-state index contributed by atoms with van der Waals surface area (Å²) in [6.07, 6.45) is 7.61. The Labute approximate surface area is 191 Å². The van der Waals surface area contributed by atoms with Gasteiger partial charge in [-0.15, -0.1) is 10.2 Å². The molecule has 1 amide bonds. The second-order valence-electron chi connectivity index (χ2n) is 7.99. The Balaban J connectivity index is 1.35. The molecule has 1 N–H and O–H groups in total. The molecule has 3 aromatic rings. The molecule has 32 heavy (non-hydrogen) atoms. The van der Waals surface area contributed by atoms with Gasteiger partial charge in [0.1, 0.15) is 5.82 Å². The summed E-state index contributed by atoms with van der Waals surface area (Å²) < 4.78 is 12.9. The van der Waals surface area contributed by atoms with Crippen molar-refractivity contribution >= 4 is 29.3 Å². The zero-order chi connectivity index (χ0) is 22.1. The molecule has 7 nitrogen and oxygen atoms in total. The van der Waals surface area contributed by atoms with Crippen LogP contribution in [0.1, 0.15) is 36.2 Å². The van der Waals surface area contributed by atoms with Gasteiger partial charge < -0.3 is 19.4 Å². The molecule has 0 fully saturated rings. The molecule has 0 atom stereocenters. The highest BCUT2D eigenvalue weighted by Crippen LogP contribution is 2.40. The first-order valence-corrected chi connectivity index (χ1v) is 11.1. The molecule has 0 saturated heterocycles. The van der Waals surface area contributed by atoms with Gasteiger partial charge in [0.15, 0.2) is 17.3 Å². The summed E-state index contributed by atoms with van der Waals surface area (Å²) in [5.41, 5.74) is 3.41. The minimum absolute atomic E-state index is 0.146. The lowest BCUT2D eigenvalue weighted by molar-refractivity contribution is -0.111. The van der Waals surface area contributed by atoms with Crippen LogP contribution in [-0.4, -0.2) is 27.5 Å². The predicted octanol–water partition coefficient (Wildman–Crippen LogP) is 5.01. The topological polar surface area (TPSA) is 78.3 Å². The van der Waals surface area contributed by atoms with E-state index < -0.39 is 0 Å². The first-order chi connectivity index (χ1) is 15.6. The number of fused-ring (bicyclic) bond motifs is 2. The molecule has 1 aromatic heterocycles. The van der Waals surface area contributed by atoms with Crippen LogP contribution in [0.15, 0.2) is 36.4 Å². The van der Waals surface area contributed by atoms with Gasteiger partial charge in [0.2, 0.25) is 12.7 Å². The minimum atomic E-state index is -0.237. The molecule has 0 spiro atoms. The summed E-state index contributed by atoms with van der Waals surface area (Å²) in [4.78, 5) is 12.6. The van der Waals surface area contributed by atoms with Crippen molar-refractivity contribution in [2.24, 2.45) is 0 Å². The summed E-state index contributed by atoms with van der Waals surface area (Å²) in [7, 11) is 0. The smallest absolute Gasteiger partial charge is 0.248 e. The number of ether oxygens (including phenoxy) is 2. The number of halogens is 1. The van der Waals surface area contributed by atoms with Crippen molar-refractivity contribution in [3.63, 3.8) is 0 Å². The first-order valence-electron chi connectivity index (χ1n) is 10.7. The molecule has 0 radical (unpaired) electrons. The van der Waals surface area contributed by atoms with E-state index in [1.54, 1.807) is 18.2 Å². The van der Waals surface area contributed by atoms with E-state index in [-0.39, 0.29) is 12.7 Å². The predicted molar refractivity (Wildman–Crippen MR) is 123 cm³/mol. The number of nitrogens with zero attached hydrogens (tertiary/aromatic N) is 3. The molecular weight excluding hydrogens is 428 g/mol. The van der Waals surface area contributed by atoms with Crippen molar-refractivity contribution in [2.75, 3.05) is 12.1 Å². The number of hydrogen-bond acceptors (Lipinski definition) is 5. The minimum Gasteiger partial charge on any atom is -0.454 e. The van der Waals surface area contributed by atoms with E-state index in [4.69, 9.17) is 21.1 Å². The molecule has 5 rings (SSSR count). The molecule has 0 saturated carbocycles. The van der Waals surface area contributed by atoms with Gasteiger partial charge in [-0.05, 0) is 55.2 Å². The van der Waals surface area contributed by atoms with Crippen molar-refractivity contribution in [2.45, 2.75) is 39.2 Å². The maximum absolute atomic E-state index is 12.6. The van der Waals surface area contributed by atoms with Gasteiger partial charge >= 0.3 is 0 Å². The van der Waals surface area contributed by atoms with Gasteiger partial charge in [0.25, 0.3) is 0 Å². The molecule has 3 heterocycles. The third-order valence-corrected chi connectivity index (χ3v) is 6.02. The molecule has 2 aromatic carbocycles. The van der Waals surface area contributed by atoms with Crippen LogP contribution in [0.4, 0.5) is 5.69 Å². The van der Waals surface area contributed by atoms with Crippen LogP contribution in [0.5, 0.6) is 11.5 Å². The molecule has 164 valence electrons. The summed E-state index contributed by atoms with van der Waals surface area (Å²) in [6, 6.07) is 9.51. The largest absolute Gasteiger partial charge is 0.454 e. The molecule has 2 aliphatic rings. The van der Waals surface area contributed by atoms with Crippen LogP contribution in [0.2, 0.25) is 5.02 Å². The Bertz CT molecular complexity index is 1220. The zero-order valence-electron chi connectivity index (χ0n) is 17.7. The summed E-state index contributed by atoms with van der Waals surface area (Å²) in [6.45, 7) is 3.03. The van der Waals surface area contributed by atoms with E-state index in [0.717, 1.165) is 59.8 Å². The zero-order valence-corrected chi connectivity index (χ0v) is 18.5. The van der Waals surface area contributed by atoms with Gasteiger partial charge in [0, 0.05) is 30.3 Å². The number of amides is 1. The number of anilines is 1. The van der Waals surface area contributed by atoms with Crippen LogP contribution < -0.4 is 14.8 Å². The number of rotatable bonds is 4. The maximum Gasteiger partial charge on any atom is 0.248 e. The molecule has 8 heteroatoms. The Morgan fingerprint density at radius 1 is 1.16 bits per heavy atom. The van der Waals surface area contributed by atoms with Crippen LogP contribution in [0.3, 0.4) is 0 Å². The molecule has 0 bridgehead atoms. The van der Waals surface area contributed by atoms with E-state index in [1.165, 1.54) is 12.5 Å². The van der Waals surface area contributed by atoms with E-state index in [0.29, 0.717) is 16.5 Å². The van der Waals surface area contributed by atoms with Gasteiger partial charge in [-0.25, -0.2) is 0 Å². The number of hydrogen-bond donors (Lipinski definition) is 1. The Morgan fingerprint density at radius 3 is 2.97 bits per heavy atom. The van der Waals surface area contributed by atoms with E-state index in [9.17, 15) is 4.79 Å². The lowest BCUT2D eigenvalue weighted by Gasteiger charge is -2.11. The first kappa shape index (κ1) is 20.6. The van der Waals surface area contributed by atoms with Crippen molar-refractivity contribution in [3.05, 3.63) is 58.4 Å². The highest BCUT2D eigenvalue weighted by atomic mass is 35.5. The van der Waals surface area contributed by atoms with Crippen molar-refractivity contribution < 1.29 is 14.3 Å². The Hall–Kier alpha value is -3.32. The van der Waals surface area contributed by atoms with Crippen LogP contribution in [0, 0.1) is 6.92 Å². The lowest BCUT2D eigenvalue weighted by atomic mass is 10.1. The summed E-state index contributed by atoms with van der Waals surface area (Å²) in [5.74, 6) is 2.76. The quantitative estimate of drug-likeness (QED) is 0.565. The van der Waals surface area contributed by atoms with Crippen LogP contribution in [-0.2, 0) is 17.8 Å². The second kappa shape index (κ2) is 8.67. The Kier molecular flexibility index (Phi) is 5.57. The maximum atomic E-state index is 12.6. The molecule has 0 aliphatic carbocycles. The fourth-order valence-electron chi connectivity index (χ4n) is 4.02. The van der Waals surface area contributed by atoms with E-state index in [1.807, 2.05) is 25.1 Å². The third kappa shape index (κ3) is 4.08. The van der Waals surface area contributed by atoms with Gasteiger partial charge in [-0.3, -0.25) is 4.79 Å². The number of carbonyl (C=O) groups excluding carboxylic acids is 1. The standard InChI is InChI=1S/C24H23ClN4O3/c1-15-6-8-17(24-28-27-21-5-3-2-4-10-29(21)24)13-19(15)26-22(30)9-7-16-11-18(25)23-20(12-16)31-14-32-23/h6-9,11-13H,2-5,10,14H2,1H3,(H,26,30)/b9-7+. The molecule has 2 aliphatic heterocycles.